The van der Waals surface area contributed by atoms with Gasteiger partial charge in [-0.05, 0) is 29.1 Å². The number of nitrogens with two attached hydrogens (primary N) is 1. The number of H-pyrrole nitrogens is 1. The van der Waals surface area contributed by atoms with Crippen molar-refractivity contribution in [1.29, 1.82) is 0 Å². The zero-order valence-electron chi connectivity index (χ0n) is 10.1. The Morgan fingerprint density at radius 3 is 2.95 bits per heavy atom. The van der Waals surface area contributed by atoms with Crippen LogP contribution in [0.15, 0.2) is 47.7 Å². The number of rotatable bonds is 2. The van der Waals surface area contributed by atoms with Crippen molar-refractivity contribution in [2.75, 3.05) is 0 Å². The number of fused-ring (bicyclic) bond motifs is 3. The summed E-state index contributed by atoms with van der Waals surface area (Å²) in [5.41, 5.74) is 9.97. The van der Waals surface area contributed by atoms with Crippen molar-refractivity contribution in [2.24, 2.45) is 10.8 Å². The number of hydrogen-bond acceptors (Lipinski definition) is 2. The maximum atomic E-state index is 5.33. The van der Waals surface area contributed by atoms with Crippen LogP contribution in [0.25, 0.3) is 21.7 Å². The largest absolute Gasteiger partial charge is 0.375 e. The number of nitrogens with zero attached hydrogens (tertiary/aromatic N) is 1. The molecular weight excluding hydrogens is 256 g/mol. The van der Waals surface area contributed by atoms with Crippen molar-refractivity contribution in [1.82, 2.24) is 10.4 Å². The van der Waals surface area contributed by atoms with Gasteiger partial charge in [0.25, 0.3) is 0 Å². The van der Waals surface area contributed by atoms with Crippen LogP contribution in [-0.4, -0.2) is 16.3 Å². The molecule has 4 N–H and O–H groups in total. The molecule has 0 aliphatic rings. The highest BCUT2D eigenvalue weighted by atomic mass is 32.1. The van der Waals surface area contributed by atoms with E-state index in [1.54, 1.807) is 6.21 Å². The Kier molecular flexibility index (Phi) is 2.89. The molecule has 1 heterocycles. The Balaban J connectivity index is 2.17. The summed E-state index contributed by atoms with van der Waals surface area (Å²) in [4.78, 5) is 3.24. The van der Waals surface area contributed by atoms with E-state index < -0.39 is 0 Å². The first-order valence-electron chi connectivity index (χ1n) is 5.83. The Morgan fingerprint density at radius 2 is 2.11 bits per heavy atom. The maximum absolute atomic E-state index is 5.33. The number of hydrogen-bond donors (Lipinski definition) is 3. The van der Waals surface area contributed by atoms with Gasteiger partial charge in [-0.1, -0.05) is 30.3 Å². The highest BCUT2D eigenvalue weighted by Gasteiger charge is 2.05. The minimum absolute atomic E-state index is 0.154. The second-order valence-electron chi connectivity index (χ2n) is 4.19. The van der Waals surface area contributed by atoms with Crippen LogP contribution in [0, 0.1) is 0 Å². The van der Waals surface area contributed by atoms with Gasteiger partial charge < -0.3 is 10.7 Å². The summed E-state index contributed by atoms with van der Waals surface area (Å²) < 4.78 is 0. The minimum Gasteiger partial charge on any atom is -0.375 e. The van der Waals surface area contributed by atoms with E-state index in [1.165, 1.54) is 10.8 Å². The van der Waals surface area contributed by atoms with Gasteiger partial charge >= 0.3 is 0 Å². The molecule has 3 rings (SSSR count). The molecule has 4 nitrogen and oxygen atoms in total. The molecule has 0 unspecified atom stereocenters. The molecule has 0 spiro atoms. The lowest BCUT2D eigenvalue weighted by molar-refractivity contribution is 1.04. The standard InChI is InChI=1S/C14H12N4S/c15-14(19)18-17-8-10-7-16-12-6-5-9-3-1-2-4-11(9)13(10)12/h1-8,16H,(H3,15,18,19)/b17-8+. The summed E-state index contributed by atoms with van der Waals surface area (Å²) in [6.07, 6.45) is 3.63. The van der Waals surface area contributed by atoms with E-state index in [-0.39, 0.29) is 5.11 Å². The van der Waals surface area contributed by atoms with Crippen molar-refractivity contribution in [2.45, 2.75) is 0 Å². The second-order valence-corrected chi connectivity index (χ2v) is 4.63. The Hall–Kier alpha value is -2.40. The van der Waals surface area contributed by atoms with E-state index in [4.69, 9.17) is 18.0 Å². The summed E-state index contributed by atoms with van der Waals surface area (Å²) in [5, 5.41) is 7.70. The van der Waals surface area contributed by atoms with Gasteiger partial charge in [0, 0.05) is 22.7 Å². The third kappa shape index (κ3) is 2.15. The van der Waals surface area contributed by atoms with Gasteiger partial charge in [-0.15, -0.1) is 0 Å². The molecule has 1 aromatic heterocycles. The van der Waals surface area contributed by atoms with Gasteiger partial charge in [0.15, 0.2) is 5.11 Å². The number of hydrazone groups is 1. The summed E-state index contributed by atoms with van der Waals surface area (Å²) in [6, 6.07) is 12.4. The van der Waals surface area contributed by atoms with Crippen LogP contribution < -0.4 is 11.2 Å². The van der Waals surface area contributed by atoms with Gasteiger partial charge in [-0.2, -0.15) is 5.10 Å². The smallest absolute Gasteiger partial charge is 0.184 e. The van der Waals surface area contributed by atoms with Crippen molar-refractivity contribution in [3.63, 3.8) is 0 Å². The molecule has 0 bridgehead atoms. The second kappa shape index (κ2) is 4.70. The van der Waals surface area contributed by atoms with Gasteiger partial charge in [0.2, 0.25) is 0 Å². The summed E-state index contributed by atoms with van der Waals surface area (Å²) in [6.45, 7) is 0. The fourth-order valence-corrected chi connectivity index (χ4v) is 2.25. The van der Waals surface area contributed by atoms with Crippen molar-refractivity contribution in [3.8, 4) is 0 Å². The van der Waals surface area contributed by atoms with Crippen LogP contribution in [-0.2, 0) is 0 Å². The predicted octanol–water partition coefficient (Wildman–Crippen LogP) is 2.49. The fourth-order valence-electron chi connectivity index (χ4n) is 2.20. The van der Waals surface area contributed by atoms with E-state index in [2.05, 4.69) is 39.8 Å². The van der Waals surface area contributed by atoms with Gasteiger partial charge in [-0.3, -0.25) is 5.43 Å². The monoisotopic (exact) mass is 268 g/mol. The molecule has 0 aliphatic heterocycles. The Morgan fingerprint density at radius 1 is 1.26 bits per heavy atom. The number of benzene rings is 2. The first-order valence-corrected chi connectivity index (χ1v) is 6.24. The van der Waals surface area contributed by atoms with E-state index in [0.717, 1.165) is 16.5 Å². The topological polar surface area (TPSA) is 66.2 Å². The highest BCUT2D eigenvalue weighted by molar-refractivity contribution is 7.80. The quantitative estimate of drug-likeness (QED) is 0.380. The van der Waals surface area contributed by atoms with E-state index >= 15 is 0 Å². The zero-order chi connectivity index (χ0) is 13.2. The van der Waals surface area contributed by atoms with Crippen LogP contribution in [0.2, 0.25) is 0 Å². The first kappa shape index (κ1) is 11.7. The summed E-state index contributed by atoms with van der Waals surface area (Å²) in [5.74, 6) is 0. The molecule has 0 saturated carbocycles. The molecule has 0 atom stereocenters. The zero-order valence-corrected chi connectivity index (χ0v) is 10.9. The molecule has 0 radical (unpaired) electrons. The Bertz CT molecular complexity index is 788. The molecule has 0 fully saturated rings. The molecule has 3 aromatic rings. The fraction of sp³-hybridized carbons (Fsp3) is 0. The first-order chi connectivity index (χ1) is 9.25. The summed E-state index contributed by atoms with van der Waals surface area (Å²) >= 11 is 4.71. The van der Waals surface area contributed by atoms with Crippen molar-refractivity contribution in [3.05, 3.63) is 48.2 Å². The normalized spacial score (nSPS) is 11.4. The SMILES string of the molecule is NC(=S)N/N=C/c1c[nH]c2ccc3ccccc3c12. The number of aromatic amines is 1. The van der Waals surface area contributed by atoms with Crippen LogP contribution in [0.3, 0.4) is 0 Å². The predicted molar refractivity (Wildman–Crippen MR) is 83.3 cm³/mol. The van der Waals surface area contributed by atoms with Crippen LogP contribution >= 0.6 is 12.2 Å². The van der Waals surface area contributed by atoms with E-state index in [9.17, 15) is 0 Å². The van der Waals surface area contributed by atoms with Crippen molar-refractivity contribution < 1.29 is 0 Å². The molecule has 94 valence electrons. The number of thiocarbonyl (C=S) groups is 1. The molecule has 2 aromatic carbocycles. The van der Waals surface area contributed by atoms with Crippen LogP contribution in [0.5, 0.6) is 0 Å². The lowest BCUT2D eigenvalue weighted by Crippen LogP contribution is -2.23. The average molecular weight is 268 g/mol. The molecule has 0 amide bonds. The maximum Gasteiger partial charge on any atom is 0.184 e. The van der Waals surface area contributed by atoms with Gasteiger partial charge in [-0.25, -0.2) is 0 Å². The lowest BCUT2D eigenvalue weighted by Gasteiger charge is -2.00. The summed E-state index contributed by atoms with van der Waals surface area (Å²) in [7, 11) is 0. The Labute approximate surface area is 115 Å². The van der Waals surface area contributed by atoms with Crippen LogP contribution in [0.4, 0.5) is 0 Å². The minimum atomic E-state index is 0.154. The highest BCUT2D eigenvalue weighted by Crippen LogP contribution is 2.26. The van der Waals surface area contributed by atoms with E-state index in [0.29, 0.717) is 0 Å². The third-order valence-electron chi connectivity index (χ3n) is 2.98. The molecule has 0 aliphatic carbocycles. The lowest BCUT2D eigenvalue weighted by atomic mass is 10.0. The number of nitrogens with one attached hydrogen (secondary N) is 2. The average Bonchev–Trinajstić information content (AvgIpc) is 2.82. The van der Waals surface area contributed by atoms with Gasteiger partial charge in [0.05, 0.1) is 6.21 Å². The van der Waals surface area contributed by atoms with Crippen molar-refractivity contribution >= 4 is 45.2 Å². The molecule has 5 heteroatoms. The molecule has 0 saturated heterocycles. The van der Waals surface area contributed by atoms with E-state index in [1.807, 2.05) is 18.3 Å². The number of aromatic nitrogens is 1. The van der Waals surface area contributed by atoms with Gasteiger partial charge in [0.1, 0.15) is 0 Å². The van der Waals surface area contributed by atoms with Crippen LogP contribution in [0.1, 0.15) is 5.56 Å². The molecular formula is C14H12N4S. The molecule has 19 heavy (non-hydrogen) atoms. The third-order valence-corrected chi connectivity index (χ3v) is 3.07.